The molecule has 1 N–H and O–H groups in total. The molecule has 16 heavy (non-hydrogen) atoms. The average Bonchev–Trinajstić information content (AvgIpc) is 2.59. The van der Waals surface area contributed by atoms with E-state index >= 15 is 0 Å². The van der Waals surface area contributed by atoms with Crippen LogP contribution in [0.3, 0.4) is 0 Å². The molecule has 0 aliphatic carbocycles. The summed E-state index contributed by atoms with van der Waals surface area (Å²) in [5.41, 5.74) is 0.913. The van der Waals surface area contributed by atoms with Crippen molar-refractivity contribution < 1.29 is 19.1 Å². The first-order chi connectivity index (χ1) is 7.69. The third-order valence-electron chi connectivity index (χ3n) is 2.35. The number of carbonyl (C=O) groups is 2. The fourth-order valence-electron chi connectivity index (χ4n) is 1.50. The summed E-state index contributed by atoms with van der Waals surface area (Å²) in [7, 11) is 1.58. The maximum Gasteiger partial charge on any atom is 0.414 e. The number of rotatable bonds is 3. The standard InChI is InChI=1S/C11H11NO4/c1-15-8-4-2-7(3-5-8)6-9-10(13)12-11(14)16-9/h2-5,9H,6H2,1H3,(H,12,13,14). The van der Waals surface area contributed by atoms with Crippen molar-refractivity contribution in [3.05, 3.63) is 29.8 Å². The maximum atomic E-state index is 11.2. The van der Waals surface area contributed by atoms with E-state index in [9.17, 15) is 9.59 Å². The third-order valence-corrected chi connectivity index (χ3v) is 2.35. The molecule has 0 saturated carbocycles. The van der Waals surface area contributed by atoms with Gasteiger partial charge in [0.1, 0.15) is 5.75 Å². The Labute approximate surface area is 92.4 Å². The summed E-state index contributed by atoms with van der Waals surface area (Å²) in [6, 6.07) is 7.25. The topological polar surface area (TPSA) is 64.6 Å². The number of amides is 2. The molecule has 1 aromatic carbocycles. The van der Waals surface area contributed by atoms with Gasteiger partial charge in [-0.1, -0.05) is 12.1 Å². The molecule has 2 amide bonds. The van der Waals surface area contributed by atoms with E-state index in [-0.39, 0.29) is 5.91 Å². The number of benzene rings is 1. The van der Waals surface area contributed by atoms with Crippen LogP contribution in [0, 0.1) is 0 Å². The molecule has 0 bridgehead atoms. The molecule has 84 valence electrons. The van der Waals surface area contributed by atoms with Gasteiger partial charge in [-0.25, -0.2) is 4.79 Å². The molecule has 0 spiro atoms. The van der Waals surface area contributed by atoms with Crippen molar-refractivity contribution in [3.8, 4) is 5.75 Å². The van der Waals surface area contributed by atoms with E-state index in [4.69, 9.17) is 9.47 Å². The summed E-state index contributed by atoms with van der Waals surface area (Å²) in [5, 5.41) is 2.08. The van der Waals surface area contributed by atoms with Gasteiger partial charge < -0.3 is 9.47 Å². The van der Waals surface area contributed by atoms with Crippen molar-refractivity contribution >= 4 is 12.0 Å². The van der Waals surface area contributed by atoms with Gasteiger partial charge in [-0.3, -0.25) is 10.1 Å². The van der Waals surface area contributed by atoms with E-state index in [2.05, 4.69) is 5.32 Å². The quantitative estimate of drug-likeness (QED) is 0.822. The number of carbonyl (C=O) groups excluding carboxylic acids is 2. The predicted molar refractivity (Wildman–Crippen MR) is 55.1 cm³/mol. The Morgan fingerprint density at radius 3 is 2.50 bits per heavy atom. The number of hydrogen-bond donors (Lipinski definition) is 1. The maximum absolute atomic E-state index is 11.2. The lowest BCUT2D eigenvalue weighted by Gasteiger charge is -2.06. The molecular weight excluding hydrogens is 210 g/mol. The molecule has 1 aromatic rings. The van der Waals surface area contributed by atoms with E-state index < -0.39 is 12.2 Å². The molecule has 5 nitrogen and oxygen atoms in total. The van der Waals surface area contributed by atoms with Crippen LogP contribution in [0.4, 0.5) is 4.79 Å². The van der Waals surface area contributed by atoms with Crippen LogP contribution in [0.5, 0.6) is 5.75 Å². The van der Waals surface area contributed by atoms with Gasteiger partial charge in [0.25, 0.3) is 5.91 Å². The van der Waals surface area contributed by atoms with Crippen molar-refractivity contribution in [2.75, 3.05) is 7.11 Å². The summed E-state index contributed by atoms with van der Waals surface area (Å²) in [4.78, 5) is 22.0. The molecule has 0 radical (unpaired) electrons. The molecule has 1 fully saturated rings. The van der Waals surface area contributed by atoms with Crippen LogP contribution in [0.2, 0.25) is 0 Å². The number of alkyl carbamates (subject to hydrolysis) is 1. The summed E-state index contributed by atoms with van der Waals surface area (Å²) in [5.74, 6) is 0.359. The second kappa shape index (κ2) is 4.22. The number of ether oxygens (including phenoxy) is 2. The zero-order valence-corrected chi connectivity index (χ0v) is 8.73. The summed E-state index contributed by atoms with van der Waals surface area (Å²) in [6.07, 6.45) is -1.02. The van der Waals surface area contributed by atoms with Gasteiger partial charge in [0.05, 0.1) is 7.11 Å². The van der Waals surface area contributed by atoms with Crippen molar-refractivity contribution in [1.82, 2.24) is 5.32 Å². The normalized spacial score (nSPS) is 19.2. The van der Waals surface area contributed by atoms with Crippen LogP contribution in [0.15, 0.2) is 24.3 Å². The SMILES string of the molecule is COc1ccc(CC2OC(=O)NC2=O)cc1. The van der Waals surface area contributed by atoms with Crippen LogP contribution < -0.4 is 10.1 Å². The zero-order valence-electron chi connectivity index (χ0n) is 8.73. The largest absolute Gasteiger partial charge is 0.497 e. The minimum absolute atomic E-state index is 0.377. The van der Waals surface area contributed by atoms with Gasteiger partial charge in [-0.15, -0.1) is 0 Å². The second-order valence-electron chi connectivity index (χ2n) is 3.44. The summed E-state index contributed by atoms with van der Waals surface area (Å²) >= 11 is 0. The number of methoxy groups -OCH3 is 1. The summed E-state index contributed by atoms with van der Waals surface area (Å²) < 4.78 is 9.82. The highest BCUT2D eigenvalue weighted by atomic mass is 16.6. The van der Waals surface area contributed by atoms with Crippen LogP contribution in [-0.4, -0.2) is 25.2 Å². The molecule has 1 atom stereocenters. The molecule has 5 heteroatoms. The van der Waals surface area contributed by atoms with Crippen molar-refractivity contribution in [3.63, 3.8) is 0 Å². The van der Waals surface area contributed by atoms with Gasteiger partial charge in [0.15, 0.2) is 6.10 Å². The minimum atomic E-state index is -0.721. The first-order valence-electron chi connectivity index (χ1n) is 4.83. The number of imide groups is 1. The van der Waals surface area contributed by atoms with Gasteiger partial charge in [0, 0.05) is 6.42 Å². The Balaban J connectivity index is 2.03. The fourth-order valence-corrected chi connectivity index (χ4v) is 1.50. The van der Waals surface area contributed by atoms with Gasteiger partial charge in [-0.2, -0.15) is 0 Å². The number of hydrogen-bond acceptors (Lipinski definition) is 4. The Kier molecular flexibility index (Phi) is 2.76. The lowest BCUT2D eigenvalue weighted by atomic mass is 10.1. The van der Waals surface area contributed by atoms with Crippen LogP contribution in [-0.2, 0) is 16.0 Å². The monoisotopic (exact) mass is 221 g/mol. The molecule has 2 rings (SSSR count). The van der Waals surface area contributed by atoms with E-state index in [1.54, 1.807) is 19.2 Å². The van der Waals surface area contributed by atoms with E-state index in [0.29, 0.717) is 6.42 Å². The van der Waals surface area contributed by atoms with E-state index in [0.717, 1.165) is 11.3 Å². The molecule has 1 saturated heterocycles. The molecule has 1 heterocycles. The van der Waals surface area contributed by atoms with Crippen molar-refractivity contribution in [2.45, 2.75) is 12.5 Å². The molecular formula is C11H11NO4. The zero-order chi connectivity index (χ0) is 11.5. The molecule has 1 aliphatic rings. The summed E-state index contributed by atoms with van der Waals surface area (Å²) in [6.45, 7) is 0. The van der Waals surface area contributed by atoms with E-state index in [1.165, 1.54) is 0 Å². The number of nitrogens with one attached hydrogen (secondary N) is 1. The van der Waals surface area contributed by atoms with Crippen LogP contribution in [0.1, 0.15) is 5.56 Å². The smallest absolute Gasteiger partial charge is 0.414 e. The minimum Gasteiger partial charge on any atom is -0.497 e. The highest BCUT2D eigenvalue weighted by Gasteiger charge is 2.31. The van der Waals surface area contributed by atoms with Gasteiger partial charge in [0.2, 0.25) is 0 Å². The van der Waals surface area contributed by atoms with Crippen LogP contribution >= 0.6 is 0 Å². The second-order valence-corrected chi connectivity index (χ2v) is 3.44. The lowest BCUT2D eigenvalue weighted by Crippen LogP contribution is -2.25. The van der Waals surface area contributed by atoms with Crippen molar-refractivity contribution in [1.29, 1.82) is 0 Å². The predicted octanol–water partition coefficient (Wildman–Crippen LogP) is 0.873. The van der Waals surface area contributed by atoms with Crippen molar-refractivity contribution in [2.24, 2.45) is 0 Å². The third kappa shape index (κ3) is 2.13. The first kappa shape index (κ1) is 10.5. The molecule has 1 unspecified atom stereocenters. The highest BCUT2D eigenvalue weighted by Crippen LogP contribution is 2.15. The van der Waals surface area contributed by atoms with Gasteiger partial charge >= 0.3 is 6.09 Å². The Morgan fingerprint density at radius 1 is 1.31 bits per heavy atom. The molecule has 0 aromatic heterocycles. The highest BCUT2D eigenvalue weighted by molar-refractivity contribution is 6.00. The van der Waals surface area contributed by atoms with Crippen LogP contribution in [0.25, 0.3) is 0 Å². The van der Waals surface area contributed by atoms with E-state index in [1.807, 2.05) is 12.1 Å². The fraction of sp³-hybridized carbons (Fsp3) is 0.273. The van der Waals surface area contributed by atoms with Gasteiger partial charge in [-0.05, 0) is 17.7 Å². The Bertz CT molecular complexity index is 412. The average molecular weight is 221 g/mol. The first-order valence-corrected chi connectivity index (χ1v) is 4.83. The molecule has 1 aliphatic heterocycles. The Morgan fingerprint density at radius 2 is 2.00 bits per heavy atom. The Hall–Kier alpha value is -2.04. The number of cyclic esters (lactones) is 1. The lowest BCUT2D eigenvalue weighted by molar-refractivity contribution is -0.123.